The van der Waals surface area contributed by atoms with E-state index in [-0.39, 0.29) is 52.2 Å². The summed E-state index contributed by atoms with van der Waals surface area (Å²) in [6.45, 7) is 4.52. The topological polar surface area (TPSA) is 156 Å². The number of carbonyl (C=O) groups excluding carboxylic acids is 2. The van der Waals surface area contributed by atoms with Crippen LogP contribution in [0.2, 0.25) is 0 Å². The number of Topliss-reactive ketones (excluding diaryl/α,β-unsaturated/α-hetero) is 1. The van der Waals surface area contributed by atoms with Gasteiger partial charge in [-0.3, -0.25) is 9.59 Å². The quantitative estimate of drug-likeness (QED) is 0.335. The van der Waals surface area contributed by atoms with E-state index in [1.165, 1.54) is 6.92 Å². The highest BCUT2D eigenvalue weighted by Crippen LogP contribution is 2.54. The molecule has 9 heteroatoms. The van der Waals surface area contributed by atoms with Crippen LogP contribution in [-0.4, -0.2) is 58.4 Å². The fraction of sp³-hybridized carbons (Fsp3) is 0.538. The lowest BCUT2D eigenvalue weighted by Crippen LogP contribution is -2.52. The van der Waals surface area contributed by atoms with Gasteiger partial charge in [0.05, 0.1) is 17.1 Å². The van der Waals surface area contributed by atoms with Crippen molar-refractivity contribution in [3.63, 3.8) is 0 Å². The normalized spacial score (nSPS) is 27.9. The maximum absolute atomic E-state index is 13.9. The summed E-state index contributed by atoms with van der Waals surface area (Å²) in [5.41, 5.74) is 5.62. The molecule has 35 heavy (non-hydrogen) atoms. The van der Waals surface area contributed by atoms with Gasteiger partial charge in [0.2, 0.25) is 0 Å². The standard InChI is InChI=1S/C26H35N3O6/c1-5-6-28-11-14-9-16(29(3)4)15-8-12-7-13-10-17(30)21(25(27)34)26(2,35)20(13)24(33)18(12)23(32)19(15)22(14)31/h9,12-13,20,28,30-31,33,35H,5-8,10-11H2,1-4H3,(H2,27,34). The molecule has 9 nitrogen and oxygen atoms in total. The molecule has 190 valence electrons. The third-order valence-corrected chi connectivity index (χ3v) is 7.75. The number of hydrogen-bond acceptors (Lipinski definition) is 8. The van der Waals surface area contributed by atoms with Gasteiger partial charge in [0.25, 0.3) is 5.91 Å². The van der Waals surface area contributed by atoms with Crippen molar-refractivity contribution in [1.82, 2.24) is 5.32 Å². The third kappa shape index (κ3) is 3.87. The number of phenols is 1. The van der Waals surface area contributed by atoms with E-state index in [2.05, 4.69) is 5.32 Å². The Labute approximate surface area is 204 Å². The van der Waals surface area contributed by atoms with Gasteiger partial charge in [-0.25, -0.2) is 0 Å². The number of rotatable bonds is 6. The summed E-state index contributed by atoms with van der Waals surface area (Å²) in [4.78, 5) is 27.8. The number of benzene rings is 1. The second-order valence-electron chi connectivity index (χ2n) is 10.4. The largest absolute Gasteiger partial charge is 0.512 e. The summed E-state index contributed by atoms with van der Waals surface area (Å²) < 4.78 is 0. The number of primary amides is 1. The second kappa shape index (κ2) is 8.87. The molecular formula is C26H35N3O6. The van der Waals surface area contributed by atoms with Crippen LogP contribution in [-0.2, 0) is 17.8 Å². The lowest BCUT2D eigenvalue weighted by molar-refractivity contribution is -0.119. The molecule has 1 aromatic rings. The zero-order chi connectivity index (χ0) is 25.8. The van der Waals surface area contributed by atoms with Gasteiger partial charge in [-0.15, -0.1) is 0 Å². The van der Waals surface area contributed by atoms with Crippen LogP contribution in [0.15, 0.2) is 28.7 Å². The van der Waals surface area contributed by atoms with E-state index in [0.717, 1.165) is 24.2 Å². The Balaban J connectivity index is 1.86. The number of hydrogen-bond donors (Lipinski definition) is 6. The second-order valence-corrected chi connectivity index (χ2v) is 10.4. The molecular weight excluding hydrogens is 450 g/mol. The van der Waals surface area contributed by atoms with E-state index in [1.807, 2.05) is 32.0 Å². The number of allylic oxidation sites excluding steroid dienone is 2. The predicted octanol–water partition coefficient (Wildman–Crippen LogP) is 2.21. The smallest absolute Gasteiger partial charge is 0.250 e. The minimum atomic E-state index is -1.94. The van der Waals surface area contributed by atoms with Crippen LogP contribution in [0, 0.1) is 17.8 Å². The van der Waals surface area contributed by atoms with Gasteiger partial charge in [-0.2, -0.15) is 0 Å². The minimum Gasteiger partial charge on any atom is -0.512 e. The number of carbonyl (C=O) groups is 2. The first kappa shape index (κ1) is 25.1. The first-order valence-electron chi connectivity index (χ1n) is 12.1. The van der Waals surface area contributed by atoms with E-state index in [1.54, 1.807) is 0 Å². The zero-order valence-corrected chi connectivity index (χ0v) is 20.7. The highest BCUT2D eigenvalue weighted by Gasteiger charge is 2.55. The summed E-state index contributed by atoms with van der Waals surface area (Å²) in [6.07, 6.45) is 1.84. The molecule has 4 unspecified atom stereocenters. The van der Waals surface area contributed by atoms with Gasteiger partial charge in [0.1, 0.15) is 22.9 Å². The maximum atomic E-state index is 13.9. The monoisotopic (exact) mass is 485 g/mol. The Hall–Kier alpha value is -3.04. The van der Waals surface area contributed by atoms with Gasteiger partial charge < -0.3 is 36.4 Å². The molecule has 1 aromatic carbocycles. The fourth-order valence-electron chi connectivity index (χ4n) is 6.34. The highest BCUT2D eigenvalue weighted by molar-refractivity contribution is 6.14. The number of nitrogens with zero attached hydrogens (tertiary/aromatic N) is 1. The average Bonchev–Trinajstić information content (AvgIpc) is 2.73. The number of aromatic hydroxyl groups is 1. The predicted molar refractivity (Wildman–Crippen MR) is 131 cm³/mol. The van der Waals surface area contributed by atoms with Crippen molar-refractivity contribution >= 4 is 17.4 Å². The van der Waals surface area contributed by atoms with Crippen LogP contribution in [0.25, 0.3) is 0 Å². The van der Waals surface area contributed by atoms with Gasteiger partial charge in [-0.1, -0.05) is 6.92 Å². The number of phenolic OH excluding ortho intramolecular Hbond substituents is 1. The molecule has 4 rings (SSSR count). The molecule has 0 aromatic heterocycles. The number of aliphatic hydroxyl groups is 3. The minimum absolute atomic E-state index is 0.0712. The van der Waals surface area contributed by atoms with Crippen molar-refractivity contribution in [2.24, 2.45) is 23.5 Å². The average molecular weight is 486 g/mol. The van der Waals surface area contributed by atoms with Gasteiger partial charge in [-0.05, 0) is 56.2 Å². The molecule has 0 radical (unpaired) electrons. The van der Waals surface area contributed by atoms with Crippen LogP contribution in [0.4, 0.5) is 5.69 Å². The van der Waals surface area contributed by atoms with Crippen molar-refractivity contribution in [2.75, 3.05) is 25.5 Å². The number of amides is 1. The summed E-state index contributed by atoms with van der Waals surface area (Å²) >= 11 is 0. The maximum Gasteiger partial charge on any atom is 0.250 e. The number of fused-ring (bicyclic) bond motifs is 3. The first-order chi connectivity index (χ1) is 16.4. The summed E-state index contributed by atoms with van der Waals surface area (Å²) in [6, 6.07) is 1.89. The van der Waals surface area contributed by atoms with Crippen LogP contribution >= 0.6 is 0 Å². The molecule has 0 saturated heterocycles. The van der Waals surface area contributed by atoms with Gasteiger partial charge >= 0.3 is 0 Å². The SMILES string of the molecule is CCCNCc1cc(N(C)C)c2c(c1O)C(=O)C1=C(O)C3C(CC(O)=C(C(N)=O)C3(C)O)CC1C2. The third-order valence-electron chi connectivity index (χ3n) is 7.75. The Kier molecular flexibility index (Phi) is 6.36. The van der Waals surface area contributed by atoms with Gasteiger partial charge in [0.15, 0.2) is 5.78 Å². The van der Waals surface area contributed by atoms with E-state index >= 15 is 0 Å². The molecule has 4 atom stereocenters. The number of nitrogens with one attached hydrogen (secondary N) is 1. The number of aliphatic hydroxyl groups excluding tert-OH is 2. The molecule has 0 heterocycles. The number of nitrogens with two attached hydrogens (primary N) is 1. The van der Waals surface area contributed by atoms with Crippen LogP contribution in [0.3, 0.4) is 0 Å². The molecule has 0 saturated carbocycles. The molecule has 0 fully saturated rings. The summed E-state index contributed by atoms with van der Waals surface area (Å²) in [5.74, 6) is -3.82. The Bertz CT molecular complexity index is 1150. The van der Waals surface area contributed by atoms with Crippen molar-refractivity contribution in [3.8, 4) is 5.75 Å². The first-order valence-corrected chi connectivity index (χ1v) is 12.1. The Morgan fingerprint density at radius 1 is 1.26 bits per heavy atom. The van der Waals surface area contributed by atoms with E-state index in [0.29, 0.717) is 24.9 Å². The molecule has 0 bridgehead atoms. The Morgan fingerprint density at radius 2 is 1.94 bits per heavy atom. The molecule has 7 N–H and O–H groups in total. The lowest BCUT2D eigenvalue weighted by atomic mass is 9.58. The number of ketones is 1. The van der Waals surface area contributed by atoms with E-state index in [4.69, 9.17) is 5.73 Å². The van der Waals surface area contributed by atoms with E-state index < -0.39 is 23.2 Å². The molecule has 3 aliphatic carbocycles. The number of anilines is 1. The highest BCUT2D eigenvalue weighted by atomic mass is 16.3. The van der Waals surface area contributed by atoms with Crippen LogP contribution in [0.5, 0.6) is 5.75 Å². The van der Waals surface area contributed by atoms with Crippen molar-refractivity contribution < 1.29 is 30.0 Å². The van der Waals surface area contributed by atoms with Crippen molar-refractivity contribution in [3.05, 3.63) is 45.4 Å². The van der Waals surface area contributed by atoms with Crippen molar-refractivity contribution in [1.29, 1.82) is 0 Å². The lowest BCUT2D eigenvalue weighted by Gasteiger charge is -2.48. The zero-order valence-electron chi connectivity index (χ0n) is 20.7. The van der Waals surface area contributed by atoms with E-state index in [9.17, 15) is 30.0 Å². The van der Waals surface area contributed by atoms with Crippen LogP contribution < -0.4 is 16.0 Å². The van der Waals surface area contributed by atoms with Gasteiger partial charge in [0, 0.05) is 43.9 Å². The summed E-state index contributed by atoms with van der Waals surface area (Å²) in [5, 5.41) is 47.5. The molecule has 3 aliphatic rings. The molecule has 1 amide bonds. The summed E-state index contributed by atoms with van der Waals surface area (Å²) in [7, 11) is 3.76. The molecule has 0 aliphatic heterocycles. The fourth-order valence-corrected chi connectivity index (χ4v) is 6.34. The molecule has 0 spiro atoms. The van der Waals surface area contributed by atoms with Crippen LogP contribution in [0.1, 0.15) is 54.6 Å². The van der Waals surface area contributed by atoms with Crippen molar-refractivity contribution in [2.45, 2.75) is 51.7 Å². The Morgan fingerprint density at radius 3 is 2.54 bits per heavy atom.